The van der Waals surface area contributed by atoms with Crippen LogP contribution in [0.5, 0.6) is 5.75 Å². The maximum atomic E-state index is 12.5. The number of phenols is 1. The Morgan fingerprint density at radius 2 is 1.74 bits per heavy atom. The summed E-state index contributed by atoms with van der Waals surface area (Å²) < 4.78 is 0. The summed E-state index contributed by atoms with van der Waals surface area (Å²) in [7, 11) is 0. The number of hydrogen-bond acceptors (Lipinski definition) is 4. The molecule has 0 aromatic heterocycles. The van der Waals surface area contributed by atoms with Gasteiger partial charge in [-0.1, -0.05) is 42.5 Å². The van der Waals surface area contributed by atoms with E-state index in [1.807, 2.05) is 30.3 Å². The lowest BCUT2D eigenvalue weighted by Crippen LogP contribution is -2.29. The van der Waals surface area contributed by atoms with E-state index in [2.05, 4.69) is 5.10 Å². The van der Waals surface area contributed by atoms with Crippen LogP contribution >= 0.6 is 0 Å². The number of aromatic hydroxyl groups is 1. The van der Waals surface area contributed by atoms with Gasteiger partial charge in [-0.2, -0.15) is 10.1 Å². The molecule has 2 aromatic rings. The van der Waals surface area contributed by atoms with E-state index in [9.17, 15) is 14.7 Å². The molecule has 5 nitrogen and oxygen atoms in total. The van der Waals surface area contributed by atoms with Gasteiger partial charge in [-0.25, -0.2) is 0 Å². The summed E-state index contributed by atoms with van der Waals surface area (Å²) in [6.07, 6.45) is 1.69. The summed E-state index contributed by atoms with van der Waals surface area (Å²) in [5, 5.41) is 14.6. The first-order valence-corrected chi connectivity index (χ1v) is 7.07. The molecule has 1 N–H and O–H groups in total. The van der Waals surface area contributed by atoms with Crippen molar-refractivity contribution >= 4 is 23.6 Å². The molecule has 0 spiro atoms. The average Bonchev–Trinajstić information content (AvgIpc) is 2.84. The number of rotatable bonds is 2. The molecule has 2 amide bonds. The maximum Gasteiger partial charge on any atom is 0.285 e. The number of carbonyl (C=O) groups is 2. The van der Waals surface area contributed by atoms with Crippen LogP contribution in [0.2, 0.25) is 0 Å². The summed E-state index contributed by atoms with van der Waals surface area (Å²) in [6, 6.07) is 15.4. The van der Waals surface area contributed by atoms with Crippen molar-refractivity contribution in [3.8, 4) is 5.75 Å². The highest BCUT2D eigenvalue weighted by atomic mass is 16.3. The standard InChI is InChI=1S/C18H14N2O3/c1-12-15(11-13-7-3-2-4-8-13)18(23)20(19-12)17(22)14-9-5-6-10-16(14)21/h2-11,21H,1H3. The first-order chi connectivity index (χ1) is 11.1. The van der Waals surface area contributed by atoms with E-state index >= 15 is 0 Å². The van der Waals surface area contributed by atoms with Crippen LogP contribution in [0.25, 0.3) is 6.08 Å². The Morgan fingerprint density at radius 1 is 1.09 bits per heavy atom. The molecule has 1 aliphatic heterocycles. The lowest BCUT2D eigenvalue weighted by Gasteiger charge is -2.10. The molecule has 0 bridgehead atoms. The molecule has 5 heteroatoms. The van der Waals surface area contributed by atoms with E-state index in [-0.39, 0.29) is 11.3 Å². The molecule has 1 heterocycles. The summed E-state index contributed by atoms with van der Waals surface area (Å²) in [6.45, 7) is 1.67. The topological polar surface area (TPSA) is 70.0 Å². The van der Waals surface area contributed by atoms with Crippen molar-refractivity contribution in [2.45, 2.75) is 6.92 Å². The third kappa shape index (κ3) is 2.76. The molecular formula is C18H14N2O3. The number of imide groups is 1. The number of para-hydroxylation sites is 1. The molecule has 1 aliphatic rings. The van der Waals surface area contributed by atoms with Gasteiger partial charge in [0, 0.05) is 0 Å². The fourth-order valence-electron chi connectivity index (χ4n) is 2.31. The predicted octanol–water partition coefficient (Wildman–Crippen LogP) is 2.83. The highest BCUT2D eigenvalue weighted by molar-refractivity contribution is 6.30. The lowest BCUT2D eigenvalue weighted by atomic mass is 10.1. The summed E-state index contributed by atoms with van der Waals surface area (Å²) in [5.41, 5.74) is 1.71. The van der Waals surface area contributed by atoms with E-state index in [1.54, 1.807) is 25.1 Å². The van der Waals surface area contributed by atoms with Gasteiger partial charge in [-0.15, -0.1) is 0 Å². The highest BCUT2D eigenvalue weighted by Gasteiger charge is 2.33. The van der Waals surface area contributed by atoms with E-state index < -0.39 is 11.8 Å². The summed E-state index contributed by atoms with van der Waals surface area (Å²) in [4.78, 5) is 24.9. The lowest BCUT2D eigenvalue weighted by molar-refractivity contribution is -0.123. The van der Waals surface area contributed by atoms with Gasteiger partial charge in [0.25, 0.3) is 11.8 Å². The monoisotopic (exact) mass is 306 g/mol. The van der Waals surface area contributed by atoms with Crippen molar-refractivity contribution < 1.29 is 14.7 Å². The van der Waals surface area contributed by atoms with Gasteiger partial charge < -0.3 is 5.11 Å². The van der Waals surface area contributed by atoms with Gasteiger partial charge in [0.05, 0.1) is 16.8 Å². The third-order valence-corrected chi connectivity index (χ3v) is 3.50. The molecule has 0 saturated carbocycles. The maximum absolute atomic E-state index is 12.5. The average molecular weight is 306 g/mol. The van der Waals surface area contributed by atoms with Crippen molar-refractivity contribution in [3.63, 3.8) is 0 Å². The van der Waals surface area contributed by atoms with Crippen LogP contribution in [-0.4, -0.2) is 27.6 Å². The Labute approximate surface area is 133 Å². The number of nitrogens with zero attached hydrogens (tertiary/aromatic N) is 2. The van der Waals surface area contributed by atoms with Crippen LogP contribution in [0.1, 0.15) is 22.8 Å². The Bertz CT molecular complexity index is 838. The second-order valence-electron chi connectivity index (χ2n) is 5.09. The van der Waals surface area contributed by atoms with Crippen LogP contribution in [0.3, 0.4) is 0 Å². The van der Waals surface area contributed by atoms with E-state index in [0.717, 1.165) is 10.6 Å². The minimum absolute atomic E-state index is 0.0401. The van der Waals surface area contributed by atoms with E-state index in [4.69, 9.17) is 0 Å². The number of carbonyl (C=O) groups excluding carboxylic acids is 2. The summed E-state index contributed by atoms with van der Waals surface area (Å²) >= 11 is 0. The SMILES string of the molecule is CC1=NN(C(=O)c2ccccc2O)C(=O)C1=Cc1ccccc1. The normalized spacial score (nSPS) is 15.9. The largest absolute Gasteiger partial charge is 0.507 e. The number of hydrogen-bond donors (Lipinski definition) is 1. The minimum atomic E-state index is -0.649. The molecule has 2 aromatic carbocycles. The molecule has 3 rings (SSSR count). The zero-order chi connectivity index (χ0) is 16.4. The molecular weight excluding hydrogens is 292 g/mol. The zero-order valence-corrected chi connectivity index (χ0v) is 12.4. The molecule has 0 fully saturated rings. The van der Waals surface area contributed by atoms with Gasteiger partial charge >= 0.3 is 0 Å². The number of phenolic OH excluding ortho intramolecular Hbond substituents is 1. The van der Waals surface area contributed by atoms with E-state index in [0.29, 0.717) is 11.3 Å². The fraction of sp³-hybridized carbons (Fsp3) is 0.0556. The van der Waals surface area contributed by atoms with Crippen LogP contribution in [0.15, 0.2) is 65.3 Å². The van der Waals surface area contributed by atoms with Gasteiger partial charge in [0.1, 0.15) is 5.75 Å². The van der Waals surface area contributed by atoms with Crippen LogP contribution in [0, 0.1) is 0 Å². The Balaban J connectivity index is 1.93. The van der Waals surface area contributed by atoms with Crippen molar-refractivity contribution in [2.75, 3.05) is 0 Å². The smallest absolute Gasteiger partial charge is 0.285 e. The van der Waals surface area contributed by atoms with Crippen molar-refractivity contribution in [1.82, 2.24) is 5.01 Å². The number of amides is 2. The number of benzene rings is 2. The second-order valence-corrected chi connectivity index (χ2v) is 5.09. The van der Waals surface area contributed by atoms with Gasteiger partial charge in [0.2, 0.25) is 0 Å². The van der Waals surface area contributed by atoms with Gasteiger partial charge in [-0.3, -0.25) is 9.59 Å². The summed E-state index contributed by atoms with van der Waals surface area (Å²) in [5.74, 6) is -1.33. The minimum Gasteiger partial charge on any atom is -0.507 e. The molecule has 0 atom stereocenters. The van der Waals surface area contributed by atoms with Crippen LogP contribution < -0.4 is 0 Å². The first kappa shape index (κ1) is 14.7. The van der Waals surface area contributed by atoms with Crippen molar-refractivity contribution in [3.05, 3.63) is 71.3 Å². The Morgan fingerprint density at radius 3 is 2.43 bits per heavy atom. The van der Waals surface area contributed by atoms with E-state index in [1.165, 1.54) is 12.1 Å². The predicted molar refractivity (Wildman–Crippen MR) is 86.8 cm³/mol. The third-order valence-electron chi connectivity index (χ3n) is 3.50. The van der Waals surface area contributed by atoms with Crippen LogP contribution in [-0.2, 0) is 4.79 Å². The first-order valence-electron chi connectivity index (χ1n) is 7.07. The van der Waals surface area contributed by atoms with Crippen molar-refractivity contribution in [1.29, 1.82) is 0 Å². The molecule has 0 saturated heterocycles. The zero-order valence-electron chi connectivity index (χ0n) is 12.4. The molecule has 0 unspecified atom stereocenters. The fourth-order valence-corrected chi connectivity index (χ4v) is 2.31. The Kier molecular flexibility index (Phi) is 3.76. The van der Waals surface area contributed by atoms with Crippen molar-refractivity contribution in [2.24, 2.45) is 5.10 Å². The molecule has 0 radical (unpaired) electrons. The molecule has 114 valence electrons. The number of hydrazone groups is 1. The highest BCUT2D eigenvalue weighted by Crippen LogP contribution is 2.24. The van der Waals surface area contributed by atoms with Crippen LogP contribution in [0.4, 0.5) is 0 Å². The van der Waals surface area contributed by atoms with Gasteiger partial charge in [0.15, 0.2) is 0 Å². The molecule has 23 heavy (non-hydrogen) atoms. The second kappa shape index (κ2) is 5.88. The van der Waals surface area contributed by atoms with Gasteiger partial charge in [-0.05, 0) is 30.7 Å². The quantitative estimate of drug-likeness (QED) is 0.685. The Hall–Kier alpha value is -3.21. The molecule has 0 aliphatic carbocycles.